The SMILES string of the molecule is COc1cc(-c2cc(C(=O)N[C@@H](CO)Cc3c[nH]c4ccccc34)c3ccccc3n2)cc(OCN)c1OC. The largest absolute Gasteiger partial charge is 0.493 e. The van der Waals surface area contributed by atoms with Gasteiger partial charge in [0, 0.05) is 28.0 Å². The van der Waals surface area contributed by atoms with Gasteiger partial charge >= 0.3 is 0 Å². The number of hydrogen-bond donors (Lipinski definition) is 4. The van der Waals surface area contributed by atoms with Crippen LogP contribution in [0.2, 0.25) is 0 Å². The van der Waals surface area contributed by atoms with E-state index in [0.717, 1.165) is 16.5 Å². The van der Waals surface area contributed by atoms with Gasteiger partial charge in [-0.2, -0.15) is 0 Å². The molecular formula is C30H30N4O5. The minimum absolute atomic E-state index is 0.0548. The molecule has 3 aromatic carbocycles. The van der Waals surface area contributed by atoms with Crippen LogP contribution in [0, 0.1) is 0 Å². The molecule has 0 bridgehead atoms. The van der Waals surface area contributed by atoms with Gasteiger partial charge in [-0.15, -0.1) is 0 Å². The molecule has 39 heavy (non-hydrogen) atoms. The Morgan fingerprint density at radius 2 is 1.77 bits per heavy atom. The fraction of sp³-hybridized carbons (Fsp3) is 0.200. The maximum atomic E-state index is 13.7. The van der Waals surface area contributed by atoms with Gasteiger partial charge in [0.15, 0.2) is 11.5 Å². The van der Waals surface area contributed by atoms with Crippen LogP contribution in [0.3, 0.4) is 0 Å². The smallest absolute Gasteiger partial charge is 0.252 e. The maximum Gasteiger partial charge on any atom is 0.252 e. The Labute approximate surface area is 225 Å². The number of aromatic amines is 1. The lowest BCUT2D eigenvalue weighted by atomic mass is 10.0. The fourth-order valence-electron chi connectivity index (χ4n) is 4.78. The maximum absolute atomic E-state index is 13.7. The number of aromatic nitrogens is 2. The summed E-state index contributed by atoms with van der Waals surface area (Å²) in [6.07, 6.45) is 2.38. The second-order valence-corrected chi connectivity index (χ2v) is 9.01. The van der Waals surface area contributed by atoms with Gasteiger partial charge in [0.05, 0.1) is 43.6 Å². The molecular weight excluding hydrogens is 496 g/mol. The third kappa shape index (κ3) is 5.22. The number of nitrogens with one attached hydrogen (secondary N) is 2. The third-order valence-electron chi connectivity index (χ3n) is 6.64. The molecule has 9 heteroatoms. The van der Waals surface area contributed by atoms with Gasteiger partial charge < -0.3 is 29.6 Å². The number of H-pyrrole nitrogens is 1. The number of aliphatic hydroxyl groups is 1. The molecule has 1 atom stereocenters. The molecule has 0 saturated heterocycles. The van der Waals surface area contributed by atoms with E-state index in [1.165, 1.54) is 14.2 Å². The standard InChI is InChI=1S/C30H30N4O5/c1-37-27-12-18(13-28(39-17-31)29(27)38-2)26-14-23(22-8-4-6-10-25(22)34-26)30(36)33-20(16-35)11-19-15-32-24-9-5-3-7-21(19)24/h3-10,12-15,20,32,35H,11,16-17,31H2,1-2H3,(H,33,36)/t20-/m1/s1. The van der Waals surface area contributed by atoms with Crippen molar-refractivity contribution in [3.05, 3.63) is 84.1 Å². The number of hydrogen-bond acceptors (Lipinski definition) is 7. The van der Waals surface area contributed by atoms with Crippen LogP contribution < -0.4 is 25.3 Å². The zero-order chi connectivity index (χ0) is 27.4. The van der Waals surface area contributed by atoms with Crippen LogP contribution in [-0.2, 0) is 6.42 Å². The summed E-state index contributed by atoms with van der Waals surface area (Å²) in [7, 11) is 3.05. The van der Waals surface area contributed by atoms with Crippen LogP contribution in [-0.4, -0.2) is 54.6 Å². The second-order valence-electron chi connectivity index (χ2n) is 9.01. The molecule has 5 N–H and O–H groups in total. The van der Waals surface area contributed by atoms with E-state index in [4.69, 9.17) is 24.9 Å². The minimum atomic E-state index is -0.488. The zero-order valence-corrected chi connectivity index (χ0v) is 21.7. The van der Waals surface area contributed by atoms with Gasteiger partial charge in [0.2, 0.25) is 5.75 Å². The van der Waals surface area contributed by atoms with E-state index in [2.05, 4.69) is 10.3 Å². The highest BCUT2D eigenvalue weighted by molar-refractivity contribution is 6.07. The summed E-state index contributed by atoms with van der Waals surface area (Å²) in [5, 5.41) is 14.9. The fourth-order valence-corrected chi connectivity index (χ4v) is 4.78. The molecule has 0 aliphatic carbocycles. The number of pyridine rings is 1. The summed E-state index contributed by atoms with van der Waals surface area (Å²) < 4.78 is 16.5. The number of benzene rings is 3. The molecule has 0 spiro atoms. The first-order valence-electron chi connectivity index (χ1n) is 12.5. The quantitative estimate of drug-likeness (QED) is 0.202. The Bertz CT molecular complexity index is 1630. The van der Waals surface area contributed by atoms with Crippen molar-refractivity contribution in [2.75, 3.05) is 27.6 Å². The Balaban J connectivity index is 1.52. The number of fused-ring (bicyclic) bond motifs is 2. The highest BCUT2D eigenvalue weighted by Gasteiger charge is 2.21. The number of carbonyl (C=O) groups excluding carboxylic acids is 1. The summed E-state index contributed by atoms with van der Waals surface area (Å²) in [5.74, 6) is 0.939. The van der Waals surface area contributed by atoms with Gasteiger partial charge in [-0.1, -0.05) is 36.4 Å². The van der Waals surface area contributed by atoms with Gasteiger partial charge in [-0.25, -0.2) is 4.98 Å². The lowest BCUT2D eigenvalue weighted by molar-refractivity contribution is 0.0918. The lowest BCUT2D eigenvalue weighted by Crippen LogP contribution is -2.39. The van der Waals surface area contributed by atoms with Crippen molar-refractivity contribution < 1.29 is 24.1 Å². The molecule has 0 aliphatic heterocycles. The number of nitrogens with zero attached hydrogens (tertiary/aromatic N) is 1. The molecule has 200 valence electrons. The molecule has 9 nitrogen and oxygen atoms in total. The molecule has 0 saturated carbocycles. The number of ether oxygens (including phenoxy) is 3. The van der Waals surface area contributed by atoms with Crippen molar-refractivity contribution in [2.24, 2.45) is 5.73 Å². The number of carbonyl (C=O) groups is 1. The van der Waals surface area contributed by atoms with Gasteiger partial charge in [-0.3, -0.25) is 10.5 Å². The lowest BCUT2D eigenvalue weighted by Gasteiger charge is -2.18. The average Bonchev–Trinajstić information content (AvgIpc) is 3.38. The van der Waals surface area contributed by atoms with E-state index in [-0.39, 0.29) is 19.2 Å². The number of rotatable bonds is 10. The predicted molar refractivity (Wildman–Crippen MR) is 150 cm³/mol. The Morgan fingerprint density at radius 3 is 2.51 bits per heavy atom. The molecule has 0 fully saturated rings. The number of aliphatic hydroxyl groups excluding tert-OH is 1. The van der Waals surface area contributed by atoms with Crippen LogP contribution in [0.1, 0.15) is 15.9 Å². The van der Waals surface area contributed by atoms with E-state index < -0.39 is 6.04 Å². The van der Waals surface area contributed by atoms with Crippen LogP contribution in [0.25, 0.3) is 33.1 Å². The highest BCUT2D eigenvalue weighted by Crippen LogP contribution is 2.41. The van der Waals surface area contributed by atoms with Crippen LogP contribution >= 0.6 is 0 Å². The molecule has 0 aliphatic rings. The van der Waals surface area contributed by atoms with E-state index in [1.54, 1.807) is 18.2 Å². The van der Waals surface area contributed by atoms with Crippen molar-refractivity contribution in [3.8, 4) is 28.5 Å². The average molecular weight is 527 g/mol. The normalized spacial score (nSPS) is 11.9. The summed E-state index contributed by atoms with van der Waals surface area (Å²) >= 11 is 0. The van der Waals surface area contributed by atoms with Gasteiger partial charge in [0.1, 0.15) is 6.73 Å². The predicted octanol–water partition coefficient (Wildman–Crippen LogP) is 4.03. The van der Waals surface area contributed by atoms with Crippen LogP contribution in [0.4, 0.5) is 0 Å². The monoisotopic (exact) mass is 526 g/mol. The molecule has 0 radical (unpaired) electrons. The first kappa shape index (κ1) is 26.0. The van der Waals surface area contributed by atoms with Crippen molar-refractivity contribution in [1.29, 1.82) is 0 Å². The minimum Gasteiger partial charge on any atom is -0.493 e. The highest BCUT2D eigenvalue weighted by atomic mass is 16.5. The van der Waals surface area contributed by atoms with Crippen LogP contribution in [0.5, 0.6) is 17.2 Å². The summed E-state index contributed by atoms with van der Waals surface area (Å²) in [5.41, 5.74) is 9.94. The number of methoxy groups -OCH3 is 2. The van der Waals surface area contributed by atoms with E-state index in [9.17, 15) is 9.90 Å². The van der Waals surface area contributed by atoms with Crippen molar-refractivity contribution in [1.82, 2.24) is 15.3 Å². The summed E-state index contributed by atoms with van der Waals surface area (Å²) in [4.78, 5) is 21.7. The zero-order valence-electron chi connectivity index (χ0n) is 21.7. The molecule has 5 aromatic rings. The van der Waals surface area contributed by atoms with Gasteiger partial charge in [-0.05, 0) is 42.3 Å². The van der Waals surface area contributed by atoms with E-state index in [1.807, 2.05) is 54.7 Å². The number of nitrogens with two attached hydrogens (primary N) is 1. The Kier molecular flexibility index (Phi) is 7.62. The first-order valence-corrected chi connectivity index (χ1v) is 12.5. The van der Waals surface area contributed by atoms with E-state index >= 15 is 0 Å². The Hall–Kier alpha value is -4.60. The van der Waals surface area contributed by atoms with Crippen LogP contribution in [0.15, 0.2) is 72.9 Å². The molecule has 2 heterocycles. The molecule has 5 rings (SSSR count). The number of para-hydroxylation sites is 2. The van der Waals surface area contributed by atoms with Gasteiger partial charge in [0.25, 0.3) is 5.91 Å². The number of amides is 1. The van der Waals surface area contributed by atoms with Crippen molar-refractivity contribution in [2.45, 2.75) is 12.5 Å². The molecule has 1 amide bonds. The Morgan fingerprint density at radius 1 is 1.03 bits per heavy atom. The molecule has 0 unspecified atom stereocenters. The van der Waals surface area contributed by atoms with E-state index in [0.29, 0.717) is 51.4 Å². The molecule has 2 aromatic heterocycles. The summed E-state index contributed by atoms with van der Waals surface area (Å²) in [6.45, 7) is -0.267. The van der Waals surface area contributed by atoms with Crippen molar-refractivity contribution in [3.63, 3.8) is 0 Å². The summed E-state index contributed by atoms with van der Waals surface area (Å²) in [6, 6.07) is 20.1. The first-order chi connectivity index (χ1) is 19.1. The third-order valence-corrected chi connectivity index (χ3v) is 6.64. The van der Waals surface area contributed by atoms with Crippen molar-refractivity contribution >= 4 is 27.7 Å². The topological polar surface area (TPSA) is 132 Å². The second kappa shape index (κ2) is 11.4.